The first kappa shape index (κ1) is 11.7. The van der Waals surface area contributed by atoms with Crippen molar-refractivity contribution in [2.45, 2.75) is 13.0 Å². The van der Waals surface area contributed by atoms with Gasteiger partial charge in [0.15, 0.2) is 0 Å². The summed E-state index contributed by atoms with van der Waals surface area (Å²) in [5.41, 5.74) is 5.26. The van der Waals surface area contributed by atoms with Gasteiger partial charge >= 0.3 is 5.97 Å². The zero-order valence-corrected chi connectivity index (χ0v) is 8.84. The van der Waals surface area contributed by atoms with Crippen LogP contribution in [0.2, 0.25) is 0 Å². The van der Waals surface area contributed by atoms with E-state index in [0.29, 0.717) is 18.7 Å². The maximum absolute atomic E-state index is 10.6. The number of amides is 1. The first-order valence-corrected chi connectivity index (χ1v) is 5.27. The number of hydrogen-bond donors (Lipinski definition) is 3. The van der Waals surface area contributed by atoms with E-state index in [1.807, 2.05) is 0 Å². The van der Waals surface area contributed by atoms with Crippen molar-refractivity contribution in [2.24, 2.45) is 5.73 Å². The zero-order chi connectivity index (χ0) is 11.3. The van der Waals surface area contributed by atoms with Crippen LogP contribution in [-0.4, -0.2) is 23.5 Å². The topological polar surface area (TPSA) is 92.4 Å². The quantitative estimate of drug-likeness (QED) is 0.615. The molecule has 0 aromatic carbocycles. The van der Waals surface area contributed by atoms with Gasteiger partial charge in [0.2, 0.25) is 5.91 Å². The van der Waals surface area contributed by atoms with Crippen LogP contribution in [0.4, 0.5) is 0 Å². The third-order valence-electron chi connectivity index (χ3n) is 1.75. The Morgan fingerprint density at radius 2 is 2.27 bits per heavy atom. The minimum Gasteiger partial charge on any atom is -0.478 e. The van der Waals surface area contributed by atoms with E-state index in [4.69, 9.17) is 10.8 Å². The fourth-order valence-corrected chi connectivity index (χ4v) is 1.84. The number of carboxylic acids is 1. The lowest BCUT2D eigenvalue weighted by molar-refractivity contribution is -0.117. The van der Waals surface area contributed by atoms with Crippen LogP contribution in [-0.2, 0) is 11.3 Å². The highest BCUT2D eigenvalue weighted by Crippen LogP contribution is 2.14. The predicted molar refractivity (Wildman–Crippen MR) is 56.8 cm³/mol. The Morgan fingerprint density at radius 1 is 1.53 bits per heavy atom. The number of hydrogen-bond acceptors (Lipinski definition) is 4. The molecule has 1 heterocycles. The van der Waals surface area contributed by atoms with Crippen molar-refractivity contribution < 1.29 is 14.7 Å². The number of thiophene rings is 1. The molecule has 0 aliphatic carbocycles. The second-order valence-electron chi connectivity index (χ2n) is 3.00. The van der Waals surface area contributed by atoms with Gasteiger partial charge in [-0.15, -0.1) is 11.3 Å². The minimum absolute atomic E-state index is 0.289. The lowest BCUT2D eigenvalue weighted by Crippen LogP contribution is -2.21. The molecule has 0 saturated carbocycles. The smallest absolute Gasteiger partial charge is 0.336 e. The number of carbonyl (C=O) groups excluding carboxylic acids is 1. The van der Waals surface area contributed by atoms with Crippen LogP contribution < -0.4 is 11.1 Å². The third kappa shape index (κ3) is 4.09. The normalized spacial score (nSPS) is 10.1. The average molecular weight is 228 g/mol. The van der Waals surface area contributed by atoms with Gasteiger partial charge in [-0.25, -0.2) is 4.79 Å². The fraction of sp³-hybridized carbons (Fsp3) is 0.333. The maximum Gasteiger partial charge on any atom is 0.336 e. The van der Waals surface area contributed by atoms with E-state index in [1.54, 1.807) is 11.4 Å². The summed E-state index contributed by atoms with van der Waals surface area (Å²) in [5.74, 6) is -1.27. The van der Waals surface area contributed by atoms with Crippen LogP contribution in [0.15, 0.2) is 11.4 Å². The van der Waals surface area contributed by atoms with E-state index in [1.165, 1.54) is 11.3 Å². The predicted octanol–water partition coefficient (Wildman–Crippen LogP) is 0.411. The van der Waals surface area contributed by atoms with E-state index in [2.05, 4.69) is 5.32 Å². The van der Waals surface area contributed by atoms with Crippen molar-refractivity contribution in [1.82, 2.24) is 5.32 Å². The van der Waals surface area contributed by atoms with Crippen molar-refractivity contribution in [3.8, 4) is 0 Å². The number of nitrogens with two attached hydrogens (primary N) is 1. The Labute approximate surface area is 90.9 Å². The minimum atomic E-state index is -0.922. The summed E-state index contributed by atoms with van der Waals surface area (Å²) in [6, 6.07) is 1.62. The fourth-order valence-electron chi connectivity index (χ4n) is 1.01. The standard InChI is InChI=1S/C9H12N2O3S/c10-8(12)1-2-11-4-7-3-6(5-15-7)9(13)14/h3,5,11H,1-2,4H2,(H2,10,12)(H,13,14). The van der Waals surface area contributed by atoms with Crippen molar-refractivity contribution >= 4 is 23.2 Å². The average Bonchev–Trinajstić information content (AvgIpc) is 2.60. The molecule has 82 valence electrons. The molecule has 1 aromatic heterocycles. The van der Waals surface area contributed by atoms with Gasteiger partial charge in [0.05, 0.1) is 5.56 Å². The number of nitrogens with one attached hydrogen (secondary N) is 1. The molecule has 6 heteroatoms. The Hall–Kier alpha value is -1.40. The van der Waals surface area contributed by atoms with E-state index < -0.39 is 5.97 Å². The highest BCUT2D eigenvalue weighted by Gasteiger charge is 2.05. The number of carbonyl (C=O) groups is 2. The van der Waals surface area contributed by atoms with Crippen molar-refractivity contribution in [3.05, 3.63) is 21.9 Å². The molecule has 0 atom stereocenters. The molecule has 0 aliphatic rings. The van der Waals surface area contributed by atoms with Crippen LogP contribution in [0.1, 0.15) is 21.7 Å². The van der Waals surface area contributed by atoms with Gasteiger partial charge in [-0.1, -0.05) is 0 Å². The van der Waals surface area contributed by atoms with Crippen LogP contribution in [0.25, 0.3) is 0 Å². The third-order valence-corrected chi connectivity index (χ3v) is 2.68. The molecule has 1 amide bonds. The SMILES string of the molecule is NC(=O)CCNCc1cc(C(=O)O)cs1. The number of aromatic carboxylic acids is 1. The monoisotopic (exact) mass is 228 g/mol. The molecular formula is C9H12N2O3S. The molecule has 4 N–H and O–H groups in total. The molecule has 0 saturated heterocycles. The summed E-state index contributed by atoms with van der Waals surface area (Å²) in [7, 11) is 0. The molecule has 0 aliphatic heterocycles. The molecule has 0 bridgehead atoms. The summed E-state index contributed by atoms with van der Waals surface area (Å²) < 4.78 is 0. The molecule has 15 heavy (non-hydrogen) atoms. The molecule has 0 spiro atoms. The van der Waals surface area contributed by atoms with E-state index in [-0.39, 0.29) is 12.3 Å². The first-order valence-electron chi connectivity index (χ1n) is 4.39. The molecule has 1 aromatic rings. The first-order chi connectivity index (χ1) is 7.09. The Kier molecular flexibility index (Phi) is 4.26. The lowest BCUT2D eigenvalue weighted by Gasteiger charge is -1.99. The van der Waals surface area contributed by atoms with Crippen molar-refractivity contribution in [1.29, 1.82) is 0 Å². The molecule has 5 nitrogen and oxygen atoms in total. The number of primary amides is 1. The second kappa shape index (κ2) is 5.47. The second-order valence-corrected chi connectivity index (χ2v) is 4.00. The summed E-state index contributed by atoms with van der Waals surface area (Å²) in [5, 5.41) is 13.3. The van der Waals surface area contributed by atoms with Crippen LogP contribution in [0, 0.1) is 0 Å². The summed E-state index contributed by atoms with van der Waals surface area (Å²) in [6.07, 6.45) is 0.289. The number of rotatable bonds is 6. The molecule has 0 radical (unpaired) electrons. The van der Waals surface area contributed by atoms with Gasteiger partial charge in [-0.05, 0) is 6.07 Å². The van der Waals surface area contributed by atoms with Crippen molar-refractivity contribution in [3.63, 3.8) is 0 Å². The van der Waals surface area contributed by atoms with E-state index >= 15 is 0 Å². The summed E-state index contributed by atoms with van der Waals surface area (Å²) in [6.45, 7) is 1.07. The van der Waals surface area contributed by atoms with Gasteiger partial charge < -0.3 is 16.2 Å². The Balaban J connectivity index is 2.31. The van der Waals surface area contributed by atoms with Gasteiger partial charge in [-0.2, -0.15) is 0 Å². The largest absolute Gasteiger partial charge is 0.478 e. The molecule has 0 fully saturated rings. The van der Waals surface area contributed by atoms with Gasteiger partial charge in [-0.3, -0.25) is 4.79 Å². The highest BCUT2D eigenvalue weighted by atomic mass is 32.1. The summed E-state index contributed by atoms with van der Waals surface area (Å²) >= 11 is 1.38. The highest BCUT2D eigenvalue weighted by molar-refractivity contribution is 7.10. The van der Waals surface area contributed by atoms with Crippen LogP contribution >= 0.6 is 11.3 Å². The molecule has 1 rings (SSSR count). The summed E-state index contributed by atoms with van der Waals surface area (Å²) in [4.78, 5) is 21.9. The van der Waals surface area contributed by atoms with Crippen molar-refractivity contribution in [2.75, 3.05) is 6.54 Å². The maximum atomic E-state index is 10.6. The molecule has 0 unspecified atom stereocenters. The van der Waals surface area contributed by atoms with Gasteiger partial charge in [0.1, 0.15) is 0 Å². The van der Waals surface area contributed by atoms with E-state index in [9.17, 15) is 9.59 Å². The Morgan fingerprint density at radius 3 is 2.80 bits per heavy atom. The molecular weight excluding hydrogens is 216 g/mol. The zero-order valence-electron chi connectivity index (χ0n) is 8.03. The number of carboxylic acid groups (broad SMARTS) is 1. The van der Waals surface area contributed by atoms with Crippen LogP contribution in [0.3, 0.4) is 0 Å². The Bertz CT molecular complexity index is 362. The van der Waals surface area contributed by atoms with Gasteiger partial charge in [0, 0.05) is 29.8 Å². The lowest BCUT2D eigenvalue weighted by atomic mass is 10.3. The van der Waals surface area contributed by atoms with Crippen LogP contribution in [0.5, 0.6) is 0 Å². The van der Waals surface area contributed by atoms with Gasteiger partial charge in [0.25, 0.3) is 0 Å². The van der Waals surface area contributed by atoms with E-state index in [0.717, 1.165) is 4.88 Å².